The van der Waals surface area contributed by atoms with Crippen LogP contribution in [0.1, 0.15) is 46.1 Å². The summed E-state index contributed by atoms with van der Waals surface area (Å²) in [6, 6.07) is 4.45. The molecule has 0 radical (unpaired) electrons. The number of rotatable bonds is 3. The third-order valence-electron chi connectivity index (χ3n) is 4.82. The highest BCUT2D eigenvalue weighted by atomic mass is 16.1. The number of anilines is 1. The first-order valence-electron chi connectivity index (χ1n) is 8.17. The summed E-state index contributed by atoms with van der Waals surface area (Å²) in [6.45, 7) is 1.45. The third-order valence-corrected chi connectivity index (χ3v) is 4.82. The molecule has 7 nitrogen and oxygen atoms in total. The summed E-state index contributed by atoms with van der Waals surface area (Å²) < 4.78 is 1.76. The van der Waals surface area contributed by atoms with Crippen LogP contribution in [0.4, 0.5) is 5.82 Å². The van der Waals surface area contributed by atoms with Gasteiger partial charge in [-0.05, 0) is 37.3 Å². The van der Waals surface area contributed by atoms with Gasteiger partial charge >= 0.3 is 0 Å². The van der Waals surface area contributed by atoms with Crippen molar-refractivity contribution in [2.45, 2.75) is 31.7 Å². The highest BCUT2D eigenvalue weighted by molar-refractivity contribution is 5.92. The first kappa shape index (κ1) is 14.7. The zero-order valence-corrected chi connectivity index (χ0v) is 13.3. The van der Waals surface area contributed by atoms with Crippen molar-refractivity contribution in [1.82, 2.24) is 14.8 Å². The number of carbonyl (C=O) groups is 1. The van der Waals surface area contributed by atoms with Gasteiger partial charge in [0, 0.05) is 25.0 Å². The van der Waals surface area contributed by atoms with Gasteiger partial charge in [0.05, 0.1) is 23.4 Å². The van der Waals surface area contributed by atoms with Gasteiger partial charge in [-0.1, -0.05) is 0 Å². The van der Waals surface area contributed by atoms with Gasteiger partial charge in [-0.15, -0.1) is 0 Å². The number of carbonyl (C=O) groups excluding carboxylic acids is 1. The molecule has 2 aromatic heterocycles. The molecule has 2 aromatic rings. The molecular formula is C17H18N6O. The fourth-order valence-electron chi connectivity index (χ4n) is 3.41. The van der Waals surface area contributed by atoms with Gasteiger partial charge in [0.15, 0.2) is 0 Å². The lowest BCUT2D eigenvalue weighted by Gasteiger charge is -2.40. The van der Waals surface area contributed by atoms with E-state index in [1.807, 2.05) is 6.07 Å². The van der Waals surface area contributed by atoms with Crippen molar-refractivity contribution in [1.29, 1.82) is 5.26 Å². The molecule has 1 aliphatic heterocycles. The maximum absolute atomic E-state index is 11.2. The van der Waals surface area contributed by atoms with E-state index in [4.69, 9.17) is 10.7 Å². The summed E-state index contributed by atoms with van der Waals surface area (Å²) >= 11 is 0. The minimum atomic E-state index is -0.472. The van der Waals surface area contributed by atoms with E-state index in [0.29, 0.717) is 11.1 Å². The number of nitrogens with two attached hydrogens (primary N) is 1. The van der Waals surface area contributed by atoms with E-state index in [1.54, 1.807) is 10.9 Å². The fraction of sp³-hybridized carbons (Fsp3) is 0.412. The Bertz CT molecular complexity index is 843. The summed E-state index contributed by atoms with van der Waals surface area (Å²) in [4.78, 5) is 18.0. The lowest BCUT2D eigenvalue weighted by Crippen LogP contribution is -2.48. The maximum atomic E-state index is 11.2. The van der Waals surface area contributed by atoms with E-state index in [1.165, 1.54) is 18.2 Å². The topological polar surface area (TPSA) is 101 Å². The van der Waals surface area contributed by atoms with Crippen LogP contribution in [0, 0.1) is 11.3 Å². The molecule has 1 fully saturated rings. The van der Waals surface area contributed by atoms with Crippen LogP contribution in [0.25, 0.3) is 0 Å². The molecule has 0 aromatic carbocycles. The largest absolute Gasteiger partial charge is 0.366 e. The minimum Gasteiger partial charge on any atom is -0.366 e. The highest BCUT2D eigenvalue weighted by Gasteiger charge is 2.32. The first-order chi connectivity index (χ1) is 11.7. The van der Waals surface area contributed by atoms with Gasteiger partial charge in [-0.25, -0.2) is 4.98 Å². The van der Waals surface area contributed by atoms with Crippen molar-refractivity contribution in [3.8, 4) is 6.07 Å². The molecule has 2 N–H and O–H groups in total. The Hall–Kier alpha value is -2.88. The Balaban J connectivity index is 1.54. The summed E-state index contributed by atoms with van der Waals surface area (Å²) in [7, 11) is 0. The minimum absolute atomic E-state index is 0.169. The third kappa shape index (κ3) is 2.40. The number of aryl methyl sites for hydroxylation is 2. The number of hydrogen-bond acceptors (Lipinski definition) is 5. The second-order valence-corrected chi connectivity index (χ2v) is 6.42. The van der Waals surface area contributed by atoms with Crippen molar-refractivity contribution >= 4 is 11.7 Å². The maximum Gasteiger partial charge on any atom is 0.251 e. The van der Waals surface area contributed by atoms with Crippen molar-refractivity contribution in [2.24, 2.45) is 5.73 Å². The number of aromatic nitrogens is 3. The molecule has 0 unspecified atom stereocenters. The molecule has 24 heavy (non-hydrogen) atoms. The van der Waals surface area contributed by atoms with E-state index in [9.17, 15) is 10.1 Å². The van der Waals surface area contributed by atoms with Gasteiger partial charge < -0.3 is 10.6 Å². The average molecular weight is 322 g/mol. The highest BCUT2D eigenvalue weighted by Crippen LogP contribution is 2.31. The SMILES string of the molecule is N#Cc1cc2c(nc1N1CC(n3cc(C(N)=O)cn3)C1)CCCC2. The first-order valence-corrected chi connectivity index (χ1v) is 8.17. The zero-order chi connectivity index (χ0) is 16.7. The predicted molar refractivity (Wildman–Crippen MR) is 87.6 cm³/mol. The molecule has 4 rings (SSSR count). The standard InChI is InChI=1S/C17H18N6O/c18-6-12-5-11-3-1-2-4-15(11)21-17(12)22-9-14(10-22)23-8-13(7-20-23)16(19)24/h5,7-8,14H,1-4,9-10H2,(H2,19,24). The Morgan fingerprint density at radius 3 is 2.83 bits per heavy atom. The number of fused-ring (bicyclic) bond motifs is 1. The second-order valence-electron chi connectivity index (χ2n) is 6.42. The molecule has 3 heterocycles. The van der Waals surface area contributed by atoms with Crippen LogP contribution >= 0.6 is 0 Å². The summed E-state index contributed by atoms with van der Waals surface area (Å²) in [5, 5.41) is 13.7. The molecule has 2 aliphatic rings. The lowest BCUT2D eigenvalue weighted by atomic mass is 9.94. The van der Waals surface area contributed by atoms with Crippen molar-refractivity contribution < 1.29 is 4.79 Å². The average Bonchev–Trinajstić information content (AvgIpc) is 3.02. The van der Waals surface area contributed by atoms with Gasteiger partial charge in [-0.3, -0.25) is 9.48 Å². The van der Waals surface area contributed by atoms with E-state index >= 15 is 0 Å². The van der Waals surface area contributed by atoms with E-state index in [-0.39, 0.29) is 6.04 Å². The number of primary amides is 1. The van der Waals surface area contributed by atoms with Crippen LogP contribution < -0.4 is 10.6 Å². The summed E-state index contributed by atoms with van der Waals surface area (Å²) in [6.07, 6.45) is 7.51. The summed E-state index contributed by atoms with van der Waals surface area (Å²) in [5.74, 6) is 0.303. The smallest absolute Gasteiger partial charge is 0.251 e. The number of amides is 1. The zero-order valence-electron chi connectivity index (χ0n) is 13.3. The number of nitrogens with zero attached hydrogens (tertiary/aromatic N) is 5. The van der Waals surface area contributed by atoms with Crippen LogP contribution in [-0.2, 0) is 12.8 Å². The molecule has 122 valence electrons. The number of pyridine rings is 1. The second kappa shape index (κ2) is 5.64. The van der Waals surface area contributed by atoms with E-state index < -0.39 is 5.91 Å². The normalized spacial score (nSPS) is 17.0. The molecular weight excluding hydrogens is 304 g/mol. The monoisotopic (exact) mass is 322 g/mol. The van der Waals surface area contributed by atoms with Crippen LogP contribution in [0.15, 0.2) is 18.5 Å². The van der Waals surface area contributed by atoms with Gasteiger partial charge in [0.2, 0.25) is 0 Å². The van der Waals surface area contributed by atoms with Crippen molar-refractivity contribution in [2.75, 3.05) is 18.0 Å². The lowest BCUT2D eigenvalue weighted by molar-refractivity contribution is 0.1000. The van der Waals surface area contributed by atoms with Crippen molar-refractivity contribution in [3.63, 3.8) is 0 Å². The number of nitriles is 1. The predicted octanol–water partition coefficient (Wildman–Crippen LogP) is 1.19. The molecule has 0 saturated carbocycles. The van der Waals surface area contributed by atoms with Gasteiger partial charge in [-0.2, -0.15) is 10.4 Å². The Kier molecular flexibility index (Phi) is 3.45. The Morgan fingerprint density at radius 2 is 2.12 bits per heavy atom. The van der Waals surface area contributed by atoms with Crippen LogP contribution in [0.5, 0.6) is 0 Å². The quantitative estimate of drug-likeness (QED) is 0.914. The molecule has 1 amide bonds. The Labute approximate surface area is 139 Å². The van der Waals surface area contributed by atoms with Crippen LogP contribution in [0.3, 0.4) is 0 Å². The van der Waals surface area contributed by atoms with Gasteiger partial charge in [0.1, 0.15) is 11.9 Å². The molecule has 7 heteroatoms. The van der Waals surface area contributed by atoms with E-state index in [0.717, 1.165) is 43.9 Å². The molecule has 0 spiro atoms. The Morgan fingerprint density at radius 1 is 1.33 bits per heavy atom. The van der Waals surface area contributed by atoms with Crippen LogP contribution in [-0.4, -0.2) is 33.8 Å². The fourth-order valence-corrected chi connectivity index (χ4v) is 3.41. The summed E-state index contributed by atoms with van der Waals surface area (Å²) in [5.41, 5.74) is 8.67. The molecule has 0 bridgehead atoms. The van der Waals surface area contributed by atoms with Crippen LogP contribution in [0.2, 0.25) is 0 Å². The van der Waals surface area contributed by atoms with Crippen molar-refractivity contribution in [3.05, 3.63) is 40.8 Å². The van der Waals surface area contributed by atoms with Gasteiger partial charge in [0.25, 0.3) is 5.91 Å². The van der Waals surface area contributed by atoms with E-state index in [2.05, 4.69) is 16.1 Å². The number of hydrogen-bond donors (Lipinski definition) is 1. The molecule has 1 saturated heterocycles. The molecule has 0 atom stereocenters. The molecule has 1 aliphatic carbocycles.